The SMILES string of the molecule is CN(C)c1ccc(C2N(Cc3ccccc3)CC(c3ccc([N+](=O)[O-])cc3)=[N+]2[O-])cc1. The second-order valence-corrected chi connectivity index (χ2v) is 7.83. The van der Waals surface area contributed by atoms with Crippen molar-refractivity contribution in [3.05, 3.63) is 111 Å². The van der Waals surface area contributed by atoms with E-state index in [1.54, 1.807) is 12.1 Å². The van der Waals surface area contributed by atoms with Gasteiger partial charge < -0.3 is 10.1 Å². The molecule has 1 aliphatic rings. The predicted octanol–water partition coefficient (Wildman–Crippen LogP) is 4.17. The summed E-state index contributed by atoms with van der Waals surface area (Å²) in [5.74, 6) is 0. The predicted molar refractivity (Wildman–Crippen MR) is 121 cm³/mol. The number of hydroxylamine groups is 1. The van der Waals surface area contributed by atoms with Crippen molar-refractivity contribution < 1.29 is 9.66 Å². The van der Waals surface area contributed by atoms with Gasteiger partial charge in [-0.3, -0.25) is 10.1 Å². The van der Waals surface area contributed by atoms with E-state index in [0.717, 1.165) is 21.6 Å². The van der Waals surface area contributed by atoms with E-state index in [0.29, 0.717) is 24.4 Å². The molecule has 7 nitrogen and oxygen atoms in total. The molecule has 0 fully saturated rings. The van der Waals surface area contributed by atoms with Crippen LogP contribution in [0.4, 0.5) is 11.4 Å². The van der Waals surface area contributed by atoms with Crippen molar-refractivity contribution in [3.63, 3.8) is 0 Å². The van der Waals surface area contributed by atoms with E-state index in [4.69, 9.17) is 0 Å². The second kappa shape index (κ2) is 8.57. The molecule has 0 spiro atoms. The average Bonchev–Trinajstić information content (AvgIpc) is 3.10. The summed E-state index contributed by atoms with van der Waals surface area (Å²) in [6.07, 6.45) is -0.471. The van der Waals surface area contributed by atoms with E-state index in [9.17, 15) is 15.3 Å². The summed E-state index contributed by atoms with van der Waals surface area (Å²) in [5, 5.41) is 24.4. The molecule has 0 aromatic heterocycles. The number of non-ortho nitro benzene ring substituents is 1. The van der Waals surface area contributed by atoms with Crippen LogP contribution in [0.1, 0.15) is 22.9 Å². The van der Waals surface area contributed by atoms with E-state index in [1.165, 1.54) is 12.1 Å². The molecular weight excluding hydrogens is 392 g/mol. The number of nitrogens with zero attached hydrogens (tertiary/aromatic N) is 4. The third-order valence-electron chi connectivity index (χ3n) is 5.53. The molecule has 158 valence electrons. The maximum Gasteiger partial charge on any atom is 0.269 e. The largest absolute Gasteiger partial charge is 0.622 e. The van der Waals surface area contributed by atoms with Crippen LogP contribution in [0.2, 0.25) is 0 Å². The Kier molecular flexibility index (Phi) is 5.68. The molecule has 0 saturated carbocycles. The van der Waals surface area contributed by atoms with Crippen LogP contribution >= 0.6 is 0 Å². The third kappa shape index (κ3) is 4.27. The normalized spacial score (nSPS) is 16.5. The minimum absolute atomic E-state index is 0.0109. The highest BCUT2D eigenvalue weighted by Crippen LogP contribution is 2.31. The summed E-state index contributed by atoms with van der Waals surface area (Å²) < 4.78 is 1.04. The first-order chi connectivity index (χ1) is 14.9. The molecule has 1 atom stereocenters. The topological polar surface area (TPSA) is 75.7 Å². The van der Waals surface area contributed by atoms with Crippen LogP contribution in [0, 0.1) is 15.3 Å². The van der Waals surface area contributed by atoms with E-state index in [1.807, 2.05) is 73.6 Å². The first kappa shape index (κ1) is 20.6. The van der Waals surface area contributed by atoms with Gasteiger partial charge >= 0.3 is 0 Å². The summed E-state index contributed by atoms with van der Waals surface area (Å²) in [5.41, 5.74) is 4.41. The molecule has 0 radical (unpaired) electrons. The van der Waals surface area contributed by atoms with Crippen LogP contribution in [0.25, 0.3) is 0 Å². The monoisotopic (exact) mass is 416 g/mol. The molecule has 0 N–H and O–H groups in total. The van der Waals surface area contributed by atoms with Crippen LogP contribution in [0.5, 0.6) is 0 Å². The quantitative estimate of drug-likeness (QED) is 0.261. The standard InChI is InChI=1S/C24H24N4O3/c1-25(2)21-12-10-20(11-13-21)24-26(16-18-6-4-3-5-7-18)17-23(27(24)29)19-8-14-22(15-9-19)28(30)31/h3-15,24H,16-17H2,1-2H3. The van der Waals surface area contributed by atoms with E-state index in [-0.39, 0.29) is 5.69 Å². The van der Waals surface area contributed by atoms with Crippen molar-refractivity contribution in [1.29, 1.82) is 0 Å². The number of hydrogen-bond acceptors (Lipinski definition) is 5. The Morgan fingerprint density at radius 2 is 1.65 bits per heavy atom. The number of nitro groups is 1. The summed E-state index contributed by atoms with van der Waals surface area (Å²) in [4.78, 5) is 14.7. The van der Waals surface area contributed by atoms with Crippen molar-refractivity contribution >= 4 is 17.1 Å². The molecule has 4 rings (SSSR count). The van der Waals surface area contributed by atoms with Gasteiger partial charge in [-0.05, 0) is 42.0 Å². The number of nitro benzene ring substituents is 1. The molecule has 0 saturated heterocycles. The van der Waals surface area contributed by atoms with Crippen LogP contribution in [-0.2, 0) is 6.54 Å². The van der Waals surface area contributed by atoms with E-state index >= 15 is 0 Å². The van der Waals surface area contributed by atoms with Gasteiger partial charge in [-0.2, -0.15) is 4.74 Å². The zero-order valence-corrected chi connectivity index (χ0v) is 17.5. The van der Waals surface area contributed by atoms with Crippen molar-refractivity contribution in [3.8, 4) is 0 Å². The zero-order chi connectivity index (χ0) is 22.0. The fourth-order valence-corrected chi connectivity index (χ4v) is 3.89. The molecule has 3 aromatic rings. The second-order valence-electron chi connectivity index (χ2n) is 7.83. The Morgan fingerprint density at radius 3 is 2.23 bits per heavy atom. The van der Waals surface area contributed by atoms with Gasteiger partial charge in [-0.15, -0.1) is 0 Å². The molecule has 1 unspecified atom stereocenters. The lowest BCUT2D eigenvalue weighted by atomic mass is 10.1. The Balaban J connectivity index is 1.71. The van der Waals surface area contributed by atoms with Crippen molar-refractivity contribution in [2.75, 3.05) is 25.5 Å². The van der Waals surface area contributed by atoms with E-state index < -0.39 is 11.1 Å². The lowest BCUT2D eigenvalue weighted by molar-refractivity contribution is -0.523. The fraction of sp³-hybridized carbons (Fsp3) is 0.208. The average molecular weight is 416 g/mol. The number of hydrogen-bond donors (Lipinski definition) is 0. The van der Waals surface area contributed by atoms with Gasteiger partial charge in [0.1, 0.15) is 0 Å². The fourth-order valence-electron chi connectivity index (χ4n) is 3.89. The van der Waals surface area contributed by atoms with Crippen LogP contribution in [0.15, 0.2) is 78.9 Å². The first-order valence-corrected chi connectivity index (χ1v) is 10.1. The summed E-state index contributed by atoms with van der Waals surface area (Å²) in [6, 6.07) is 24.2. The Labute approximate surface area is 181 Å². The molecular formula is C24H24N4O3. The molecule has 0 amide bonds. The highest BCUT2D eigenvalue weighted by molar-refractivity contribution is 5.99. The van der Waals surface area contributed by atoms with Crippen LogP contribution in [0.3, 0.4) is 0 Å². The molecule has 0 bridgehead atoms. The van der Waals surface area contributed by atoms with Crippen molar-refractivity contribution in [2.24, 2.45) is 0 Å². The smallest absolute Gasteiger partial charge is 0.269 e. The maximum absolute atomic E-state index is 13.4. The highest BCUT2D eigenvalue weighted by atomic mass is 16.6. The van der Waals surface area contributed by atoms with Gasteiger partial charge in [0.2, 0.25) is 11.9 Å². The number of benzene rings is 3. The Morgan fingerprint density at radius 1 is 1.00 bits per heavy atom. The molecule has 3 aromatic carbocycles. The van der Waals surface area contributed by atoms with Crippen molar-refractivity contribution in [2.45, 2.75) is 12.7 Å². The maximum atomic E-state index is 13.4. The molecule has 1 aliphatic heterocycles. The van der Waals surface area contributed by atoms with Gasteiger partial charge in [0.25, 0.3) is 5.69 Å². The summed E-state index contributed by atoms with van der Waals surface area (Å²) in [7, 11) is 3.96. The third-order valence-corrected chi connectivity index (χ3v) is 5.53. The summed E-state index contributed by atoms with van der Waals surface area (Å²) in [6.45, 7) is 1.08. The van der Waals surface area contributed by atoms with Gasteiger partial charge in [-0.25, -0.2) is 4.90 Å². The minimum Gasteiger partial charge on any atom is -0.622 e. The van der Waals surface area contributed by atoms with E-state index in [2.05, 4.69) is 4.90 Å². The van der Waals surface area contributed by atoms with Crippen LogP contribution in [-0.4, -0.2) is 40.9 Å². The molecule has 0 aliphatic carbocycles. The Bertz CT molecular complexity index is 1090. The first-order valence-electron chi connectivity index (χ1n) is 10.1. The van der Waals surface area contributed by atoms with Gasteiger partial charge in [0.15, 0.2) is 0 Å². The summed E-state index contributed by atoms with van der Waals surface area (Å²) >= 11 is 0. The van der Waals surface area contributed by atoms with Gasteiger partial charge in [-0.1, -0.05) is 30.3 Å². The molecule has 7 heteroatoms. The molecule has 31 heavy (non-hydrogen) atoms. The minimum atomic E-state index is -0.471. The van der Waals surface area contributed by atoms with Crippen LogP contribution < -0.4 is 4.90 Å². The number of anilines is 1. The zero-order valence-electron chi connectivity index (χ0n) is 17.5. The number of rotatable bonds is 6. The molecule has 1 heterocycles. The van der Waals surface area contributed by atoms with Gasteiger partial charge in [0, 0.05) is 49.6 Å². The lowest BCUT2D eigenvalue weighted by Gasteiger charge is -2.23. The highest BCUT2D eigenvalue weighted by Gasteiger charge is 2.38. The Hall–Kier alpha value is -3.71. The lowest BCUT2D eigenvalue weighted by Crippen LogP contribution is -2.28. The van der Waals surface area contributed by atoms with Crippen molar-refractivity contribution in [1.82, 2.24) is 4.90 Å². The van der Waals surface area contributed by atoms with Gasteiger partial charge in [0.05, 0.1) is 11.5 Å².